The number of nitrogens with zero attached hydrogens (tertiary/aromatic N) is 1. The van der Waals surface area contributed by atoms with Gasteiger partial charge in [-0.25, -0.2) is 0 Å². The molecule has 2 rings (SSSR count). The zero-order valence-electron chi connectivity index (χ0n) is 12.6. The van der Waals surface area contributed by atoms with E-state index in [0.29, 0.717) is 13.0 Å². The first-order valence-electron chi connectivity index (χ1n) is 7.26. The van der Waals surface area contributed by atoms with E-state index >= 15 is 0 Å². The van der Waals surface area contributed by atoms with E-state index < -0.39 is 5.60 Å². The molecule has 1 aromatic rings. The Morgan fingerprint density at radius 3 is 2.80 bits per heavy atom. The van der Waals surface area contributed by atoms with Crippen LogP contribution in [0.1, 0.15) is 31.2 Å². The van der Waals surface area contributed by atoms with E-state index in [9.17, 15) is 10.3 Å². The molecule has 1 aliphatic rings. The zero-order valence-corrected chi connectivity index (χ0v) is 12.6. The van der Waals surface area contributed by atoms with Crippen molar-refractivity contribution in [1.29, 1.82) is 0 Å². The van der Waals surface area contributed by atoms with Gasteiger partial charge in [0.05, 0.1) is 33.4 Å². The third kappa shape index (κ3) is 3.32. The molecular formula is C16H25NO3. The van der Waals surface area contributed by atoms with Crippen molar-refractivity contribution in [3.05, 3.63) is 35.0 Å². The van der Waals surface area contributed by atoms with Crippen LogP contribution in [0.5, 0.6) is 5.75 Å². The molecule has 0 heterocycles. The maximum Gasteiger partial charge on any atom is 0.119 e. The van der Waals surface area contributed by atoms with Crippen LogP contribution in [-0.2, 0) is 5.60 Å². The first-order chi connectivity index (χ1) is 9.35. The summed E-state index contributed by atoms with van der Waals surface area (Å²) in [5, 5.41) is 23.2. The van der Waals surface area contributed by atoms with Crippen LogP contribution < -0.4 is 4.74 Å². The molecule has 0 amide bonds. The van der Waals surface area contributed by atoms with Crippen molar-refractivity contribution in [2.24, 2.45) is 5.92 Å². The Balaban J connectivity index is 2.32. The number of methoxy groups -OCH3 is 1. The molecule has 112 valence electrons. The Kier molecular flexibility index (Phi) is 4.37. The Labute approximate surface area is 121 Å². The first-order valence-corrected chi connectivity index (χ1v) is 7.26. The second-order valence-electron chi connectivity index (χ2n) is 6.36. The van der Waals surface area contributed by atoms with Gasteiger partial charge in [-0.1, -0.05) is 25.0 Å². The zero-order chi connectivity index (χ0) is 14.8. The van der Waals surface area contributed by atoms with E-state index in [-0.39, 0.29) is 10.6 Å². The average Bonchev–Trinajstić information content (AvgIpc) is 2.40. The molecule has 0 bridgehead atoms. The highest BCUT2D eigenvalue weighted by atomic mass is 16.5. The molecule has 0 aromatic heterocycles. The predicted molar refractivity (Wildman–Crippen MR) is 79.2 cm³/mol. The molecule has 0 spiro atoms. The largest absolute Gasteiger partial charge is 0.633 e. The van der Waals surface area contributed by atoms with Gasteiger partial charge in [-0.05, 0) is 30.5 Å². The fraction of sp³-hybridized carbons (Fsp3) is 0.625. The summed E-state index contributed by atoms with van der Waals surface area (Å²) in [4.78, 5) is 0. The number of rotatable bonds is 4. The second kappa shape index (κ2) is 5.72. The summed E-state index contributed by atoms with van der Waals surface area (Å²) in [7, 11) is 4.90. The lowest BCUT2D eigenvalue weighted by Gasteiger charge is -2.45. The van der Waals surface area contributed by atoms with Gasteiger partial charge >= 0.3 is 0 Å². The van der Waals surface area contributed by atoms with Crippen LogP contribution in [0.15, 0.2) is 24.3 Å². The molecule has 20 heavy (non-hydrogen) atoms. The van der Waals surface area contributed by atoms with Gasteiger partial charge in [-0.2, -0.15) is 0 Å². The third-order valence-electron chi connectivity index (χ3n) is 4.27. The van der Waals surface area contributed by atoms with Crippen molar-refractivity contribution in [3.8, 4) is 5.75 Å². The fourth-order valence-corrected chi connectivity index (χ4v) is 3.27. The quantitative estimate of drug-likeness (QED) is 0.681. The lowest BCUT2D eigenvalue weighted by atomic mass is 9.71. The van der Waals surface area contributed by atoms with E-state index in [1.54, 1.807) is 21.2 Å². The Bertz CT molecular complexity index is 455. The minimum atomic E-state index is -0.910. The van der Waals surface area contributed by atoms with Crippen LogP contribution >= 0.6 is 0 Å². The molecule has 1 aliphatic carbocycles. The smallest absolute Gasteiger partial charge is 0.119 e. The summed E-state index contributed by atoms with van der Waals surface area (Å²) in [5.74, 6) is 0.743. The number of aliphatic hydroxyl groups is 1. The summed E-state index contributed by atoms with van der Waals surface area (Å²) >= 11 is 0. The van der Waals surface area contributed by atoms with Crippen LogP contribution in [0, 0.1) is 11.1 Å². The Hall–Kier alpha value is -1.10. The lowest BCUT2D eigenvalue weighted by Crippen LogP contribution is -2.47. The second-order valence-corrected chi connectivity index (χ2v) is 6.36. The maximum atomic E-state index is 12.0. The summed E-state index contributed by atoms with van der Waals surface area (Å²) < 4.78 is 4.89. The van der Waals surface area contributed by atoms with Crippen molar-refractivity contribution in [2.45, 2.75) is 31.3 Å². The van der Waals surface area contributed by atoms with E-state index in [4.69, 9.17) is 4.74 Å². The normalized spacial score (nSPS) is 27.4. The van der Waals surface area contributed by atoms with Crippen LogP contribution in [-0.4, -0.2) is 37.5 Å². The average molecular weight is 279 g/mol. The van der Waals surface area contributed by atoms with Gasteiger partial charge in [0.15, 0.2) is 0 Å². The standard InChI is InChI=1S/C16H25NO3/c1-17(2,19)12-14-7-4-5-10-16(14,18)13-8-6-9-15(11-13)20-3/h6,8-9,11,14,18H,4-5,7,10,12H2,1-3H3. The third-order valence-corrected chi connectivity index (χ3v) is 4.27. The van der Waals surface area contributed by atoms with Gasteiger partial charge in [-0.3, -0.25) is 0 Å². The van der Waals surface area contributed by atoms with Crippen molar-refractivity contribution in [3.63, 3.8) is 0 Å². The van der Waals surface area contributed by atoms with Crippen molar-refractivity contribution in [2.75, 3.05) is 27.7 Å². The number of benzene rings is 1. The van der Waals surface area contributed by atoms with Crippen molar-refractivity contribution < 1.29 is 14.5 Å². The molecule has 0 aliphatic heterocycles. The fourth-order valence-electron chi connectivity index (χ4n) is 3.27. The molecule has 0 saturated heterocycles. The van der Waals surface area contributed by atoms with Crippen LogP contribution in [0.25, 0.3) is 0 Å². The molecule has 2 atom stereocenters. The van der Waals surface area contributed by atoms with E-state index in [1.165, 1.54) is 0 Å². The number of ether oxygens (including phenoxy) is 1. The lowest BCUT2D eigenvalue weighted by molar-refractivity contribution is -0.845. The molecule has 1 aromatic carbocycles. The topological polar surface area (TPSA) is 52.5 Å². The van der Waals surface area contributed by atoms with Gasteiger partial charge in [0.1, 0.15) is 5.75 Å². The summed E-state index contributed by atoms with van der Waals surface area (Å²) in [6.07, 6.45) is 3.69. The van der Waals surface area contributed by atoms with E-state index in [0.717, 1.165) is 30.6 Å². The van der Waals surface area contributed by atoms with Crippen molar-refractivity contribution in [1.82, 2.24) is 0 Å². The molecule has 1 fully saturated rings. The summed E-state index contributed by atoms with van der Waals surface area (Å²) in [6, 6.07) is 7.60. The molecule has 4 nitrogen and oxygen atoms in total. The van der Waals surface area contributed by atoms with E-state index in [2.05, 4.69) is 0 Å². The van der Waals surface area contributed by atoms with Gasteiger partial charge < -0.3 is 19.7 Å². The van der Waals surface area contributed by atoms with Gasteiger partial charge in [0.25, 0.3) is 0 Å². The number of quaternary nitrogens is 1. The number of hydrogen-bond acceptors (Lipinski definition) is 3. The van der Waals surface area contributed by atoms with Crippen LogP contribution in [0.4, 0.5) is 0 Å². The van der Waals surface area contributed by atoms with Gasteiger partial charge in [0, 0.05) is 5.92 Å². The highest BCUT2D eigenvalue weighted by molar-refractivity contribution is 5.33. The van der Waals surface area contributed by atoms with Crippen LogP contribution in [0.3, 0.4) is 0 Å². The Morgan fingerprint density at radius 2 is 2.15 bits per heavy atom. The molecular weight excluding hydrogens is 254 g/mol. The molecule has 0 radical (unpaired) electrons. The molecule has 1 saturated carbocycles. The minimum Gasteiger partial charge on any atom is -0.633 e. The number of hydrogen-bond donors (Lipinski definition) is 1. The van der Waals surface area contributed by atoms with Gasteiger partial charge in [0.2, 0.25) is 0 Å². The summed E-state index contributed by atoms with van der Waals surface area (Å²) in [6.45, 7) is 0.438. The first kappa shape index (κ1) is 15.3. The number of hydroxylamine groups is 3. The van der Waals surface area contributed by atoms with Crippen molar-refractivity contribution >= 4 is 0 Å². The molecule has 2 unspecified atom stereocenters. The molecule has 1 N–H and O–H groups in total. The Morgan fingerprint density at radius 1 is 1.40 bits per heavy atom. The predicted octanol–water partition coefficient (Wildman–Crippen LogP) is 2.65. The van der Waals surface area contributed by atoms with E-state index in [1.807, 2.05) is 24.3 Å². The monoisotopic (exact) mass is 279 g/mol. The highest BCUT2D eigenvalue weighted by Gasteiger charge is 2.42. The minimum absolute atomic E-state index is 0.00384. The maximum absolute atomic E-state index is 12.0. The SMILES string of the molecule is COc1cccc(C2(O)CCCCC2C[N+](C)(C)[O-])c1. The summed E-state index contributed by atoms with van der Waals surface area (Å²) in [5.41, 5.74) is -0.0396. The molecule has 4 heteroatoms. The van der Waals surface area contributed by atoms with Crippen LogP contribution in [0.2, 0.25) is 0 Å². The van der Waals surface area contributed by atoms with Gasteiger partial charge in [-0.15, -0.1) is 0 Å². The highest BCUT2D eigenvalue weighted by Crippen LogP contribution is 2.43.